The van der Waals surface area contributed by atoms with Crippen LogP contribution < -0.4 is 10.1 Å². The van der Waals surface area contributed by atoms with Crippen molar-refractivity contribution in [3.8, 4) is 5.75 Å². The van der Waals surface area contributed by atoms with Gasteiger partial charge in [-0.1, -0.05) is 24.1 Å². The van der Waals surface area contributed by atoms with Gasteiger partial charge in [0.2, 0.25) is 0 Å². The van der Waals surface area contributed by atoms with E-state index in [1.54, 1.807) is 0 Å². The molecular formula is C16H24ClNO. The van der Waals surface area contributed by atoms with Crippen LogP contribution in [0.25, 0.3) is 0 Å². The van der Waals surface area contributed by atoms with Crippen LogP contribution in [0, 0.1) is 5.92 Å². The molecule has 3 heteroatoms. The maximum Gasteiger partial charge on any atom is 0.137 e. The van der Waals surface area contributed by atoms with Gasteiger partial charge in [0.1, 0.15) is 5.75 Å². The van der Waals surface area contributed by atoms with E-state index in [-0.39, 0.29) is 5.54 Å². The largest absolute Gasteiger partial charge is 0.492 e. The number of hydrogen-bond donors (Lipinski definition) is 1. The molecule has 1 aliphatic carbocycles. The fourth-order valence-electron chi connectivity index (χ4n) is 2.01. The highest BCUT2D eigenvalue weighted by atomic mass is 35.5. The first kappa shape index (κ1) is 14.7. The Morgan fingerprint density at radius 3 is 2.58 bits per heavy atom. The van der Waals surface area contributed by atoms with Gasteiger partial charge in [0.25, 0.3) is 0 Å². The fraction of sp³-hybridized carbons (Fsp3) is 0.625. The third-order valence-electron chi connectivity index (χ3n) is 3.52. The quantitative estimate of drug-likeness (QED) is 0.863. The molecule has 0 aromatic heterocycles. The summed E-state index contributed by atoms with van der Waals surface area (Å²) in [6, 6.07) is 6.07. The van der Waals surface area contributed by atoms with Gasteiger partial charge < -0.3 is 10.1 Å². The highest BCUT2D eigenvalue weighted by molar-refractivity contribution is 6.32. The molecule has 1 aromatic carbocycles. The van der Waals surface area contributed by atoms with Gasteiger partial charge in [0, 0.05) is 12.1 Å². The van der Waals surface area contributed by atoms with Crippen molar-refractivity contribution < 1.29 is 4.74 Å². The van der Waals surface area contributed by atoms with Gasteiger partial charge in [0.05, 0.1) is 11.6 Å². The van der Waals surface area contributed by atoms with Crippen LogP contribution in [0.3, 0.4) is 0 Å². The average Bonchev–Trinajstić information content (AvgIpc) is 2.26. The number of hydrogen-bond acceptors (Lipinski definition) is 2. The van der Waals surface area contributed by atoms with Crippen LogP contribution in [0.2, 0.25) is 5.02 Å². The Balaban J connectivity index is 1.88. The predicted octanol–water partition coefficient (Wildman–Crippen LogP) is 4.41. The van der Waals surface area contributed by atoms with E-state index >= 15 is 0 Å². The van der Waals surface area contributed by atoms with E-state index < -0.39 is 0 Å². The minimum Gasteiger partial charge on any atom is -0.492 e. The maximum atomic E-state index is 6.27. The molecule has 1 saturated carbocycles. The van der Waals surface area contributed by atoms with Gasteiger partial charge >= 0.3 is 0 Å². The monoisotopic (exact) mass is 281 g/mol. The Bertz CT molecular complexity index is 421. The van der Waals surface area contributed by atoms with Gasteiger partial charge in [-0.3, -0.25) is 0 Å². The number of benzene rings is 1. The molecule has 1 N–H and O–H groups in total. The minimum atomic E-state index is 0.117. The molecule has 19 heavy (non-hydrogen) atoms. The summed E-state index contributed by atoms with van der Waals surface area (Å²) in [6.45, 7) is 8.10. The SMILES string of the molecule is CC(C)(C)NCc1ccc(OCC2CCC2)c(Cl)c1. The van der Waals surface area contributed by atoms with Gasteiger partial charge in [-0.2, -0.15) is 0 Å². The molecule has 106 valence electrons. The van der Waals surface area contributed by atoms with Crippen molar-refractivity contribution in [2.45, 2.75) is 52.1 Å². The third-order valence-corrected chi connectivity index (χ3v) is 3.81. The average molecular weight is 282 g/mol. The lowest BCUT2D eigenvalue weighted by Gasteiger charge is -2.25. The van der Waals surface area contributed by atoms with Crippen LogP contribution in [0.5, 0.6) is 5.75 Å². The second kappa shape index (κ2) is 6.15. The van der Waals surface area contributed by atoms with Crippen LogP contribution in [-0.2, 0) is 6.54 Å². The third kappa shape index (κ3) is 4.70. The molecule has 0 saturated heterocycles. The summed E-state index contributed by atoms with van der Waals surface area (Å²) in [5.74, 6) is 1.55. The number of halogens is 1. The van der Waals surface area contributed by atoms with E-state index in [4.69, 9.17) is 16.3 Å². The maximum absolute atomic E-state index is 6.27. The smallest absolute Gasteiger partial charge is 0.137 e. The molecule has 0 amide bonds. The van der Waals surface area contributed by atoms with Crippen molar-refractivity contribution in [3.63, 3.8) is 0 Å². The number of nitrogens with one attached hydrogen (secondary N) is 1. The highest BCUT2D eigenvalue weighted by Crippen LogP contribution is 2.30. The summed E-state index contributed by atoms with van der Waals surface area (Å²) in [6.07, 6.45) is 3.94. The van der Waals surface area contributed by atoms with E-state index in [1.807, 2.05) is 12.1 Å². The molecular weight excluding hydrogens is 258 g/mol. The zero-order valence-electron chi connectivity index (χ0n) is 12.1. The first-order valence-electron chi connectivity index (χ1n) is 7.10. The molecule has 2 nitrogen and oxygen atoms in total. The summed E-state index contributed by atoms with van der Waals surface area (Å²) >= 11 is 6.27. The Morgan fingerprint density at radius 2 is 2.05 bits per heavy atom. The van der Waals surface area contributed by atoms with Crippen molar-refractivity contribution in [2.24, 2.45) is 5.92 Å². The van der Waals surface area contributed by atoms with Crippen LogP contribution in [0.4, 0.5) is 0 Å². The summed E-state index contributed by atoms with van der Waals surface area (Å²) in [5.41, 5.74) is 1.31. The molecule has 1 aromatic rings. The van der Waals surface area contributed by atoms with E-state index in [1.165, 1.54) is 24.8 Å². The van der Waals surface area contributed by atoms with Crippen molar-refractivity contribution in [1.82, 2.24) is 5.32 Å². The van der Waals surface area contributed by atoms with E-state index in [0.717, 1.165) is 24.8 Å². The Labute approximate surface area is 121 Å². The van der Waals surface area contributed by atoms with Crippen molar-refractivity contribution in [1.29, 1.82) is 0 Å². The molecule has 0 atom stereocenters. The van der Waals surface area contributed by atoms with Crippen molar-refractivity contribution in [3.05, 3.63) is 28.8 Å². The Kier molecular flexibility index (Phi) is 4.75. The van der Waals surface area contributed by atoms with Crippen molar-refractivity contribution >= 4 is 11.6 Å². The van der Waals surface area contributed by atoms with Crippen molar-refractivity contribution in [2.75, 3.05) is 6.61 Å². The molecule has 1 aliphatic rings. The van der Waals surface area contributed by atoms with Crippen LogP contribution >= 0.6 is 11.6 Å². The van der Waals surface area contributed by atoms with E-state index in [9.17, 15) is 0 Å². The first-order chi connectivity index (χ1) is 8.94. The van der Waals surface area contributed by atoms with Crippen LogP contribution in [-0.4, -0.2) is 12.1 Å². The molecule has 1 fully saturated rings. The lowest BCUT2D eigenvalue weighted by molar-refractivity contribution is 0.180. The number of ether oxygens (including phenoxy) is 1. The Morgan fingerprint density at radius 1 is 1.32 bits per heavy atom. The molecule has 0 aliphatic heterocycles. The topological polar surface area (TPSA) is 21.3 Å². The summed E-state index contributed by atoms with van der Waals surface area (Å²) in [5, 5.41) is 4.17. The second-order valence-corrected chi connectivity index (χ2v) is 6.88. The molecule has 0 radical (unpaired) electrons. The minimum absolute atomic E-state index is 0.117. The van der Waals surface area contributed by atoms with E-state index in [0.29, 0.717) is 5.02 Å². The van der Waals surface area contributed by atoms with E-state index in [2.05, 4.69) is 32.2 Å². The predicted molar refractivity (Wildman–Crippen MR) is 80.9 cm³/mol. The Hall–Kier alpha value is -0.730. The molecule has 0 unspecified atom stereocenters. The molecule has 0 spiro atoms. The molecule has 2 rings (SSSR count). The molecule has 0 bridgehead atoms. The van der Waals surface area contributed by atoms with Gasteiger partial charge in [-0.05, 0) is 57.2 Å². The fourth-order valence-corrected chi connectivity index (χ4v) is 2.26. The van der Waals surface area contributed by atoms with Gasteiger partial charge in [0.15, 0.2) is 0 Å². The van der Waals surface area contributed by atoms with Gasteiger partial charge in [-0.25, -0.2) is 0 Å². The zero-order valence-corrected chi connectivity index (χ0v) is 12.9. The highest BCUT2D eigenvalue weighted by Gasteiger charge is 2.18. The van der Waals surface area contributed by atoms with Gasteiger partial charge in [-0.15, -0.1) is 0 Å². The summed E-state index contributed by atoms with van der Waals surface area (Å²) < 4.78 is 5.79. The number of rotatable bonds is 5. The normalized spacial score (nSPS) is 16.2. The lowest BCUT2D eigenvalue weighted by atomic mass is 9.86. The molecule has 0 heterocycles. The summed E-state index contributed by atoms with van der Waals surface area (Å²) in [7, 11) is 0. The van der Waals surface area contributed by atoms with Crippen LogP contribution in [0.15, 0.2) is 18.2 Å². The standard InChI is InChI=1S/C16H24ClNO/c1-16(2,3)18-10-13-7-8-15(14(17)9-13)19-11-12-5-4-6-12/h7-9,12,18H,4-6,10-11H2,1-3H3. The lowest BCUT2D eigenvalue weighted by Crippen LogP contribution is -2.35. The summed E-state index contributed by atoms with van der Waals surface area (Å²) in [4.78, 5) is 0. The zero-order chi connectivity index (χ0) is 13.9. The van der Waals surface area contributed by atoms with Crippen LogP contribution in [0.1, 0.15) is 45.6 Å². The first-order valence-corrected chi connectivity index (χ1v) is 7.48. The second-order valence-electron chi connectivity index (χ2n) is 6.48.